The van der Waals surface area contributed by atoms with Gasteiger partial charge in [-0.1, -0.05) is 244 Å². The number of benzene rings is 1. The van der Waals surface area contributed by atoms with Gasteiger partial charge in [0, 0.05) is 0 Å². The molecule has 282 valence electrons. The van der Waals surface area contributed by atoms with E-state index in [1.54, 1.807) is 6.07 Å². The molecule has 0 fully saturated rings. The molecule has 0 aromatic heterocycles. The fraction of sp³-hybridized carbons (Fsp3) is 0.864. The van der Waals surface area contributed by atoms with Crippen LogP contribution < -0.4 is 51.4 Å². The summed E-state index contributed by atoms with van der Waals surface area (Å²) in [5.74, 6) is 0. The van der Waals surface area contributed by atoms with Gasteiger partial charge in [0.05, 0.1) is 4.90 Å². The molecule has 5 heteroatoms. The first kappa shape index (κ1) is 49.8. The first-order valence-electron chi connectivity index (χ1n) is 21.6. The number of rotatable bonds is 38. The molecule has 1 rings (SSSR count). The van der Waals surface area contributed by atoms with E-state index < -0.39 is 10.1 Å². The minimum atomic E-state index is -4.35. The molecular formula is C44H81KO3S. The van der Waals surface area contributed by atoms with E-state index in [0.29, 0.717) is 0 Å². The standard InChI is InChI=1S/C44H82O3S.K/c1-2-3-4-5-6-7-8-9-10-11-12-13-14-15-16-17-18-19-20-21-22-23-24-25-26-27-28-29-30-31-32-33-34-35-36-37-39-43-40-38-41-44(42-43)48(45,46)47;/h38,40-42H,2-37,39H2,1H3,(H,45,46,47);/q;+1/p-1. The van der Waals surface area contributed by atoms with Crippen molar-refractivity contribution >= 4 is 10.1 Å². The molecule has 0 amide bonds. The van der Waals surface area contributed by atoms with Crippen LogP contribution in [0.4, 0.5) is 0 Å². The van der Waals surface area contributed by atoms with Gasteiger partial charge in [-0.25, -0.2) is 8.42 Å². The zero-order chi connectivity index (χ0) is 34.6. The van der Waals surface area contributed by atoms with Gasteiger partial charge in [0.2, 0.25) is 0 Å². The predicted octanol–water partition coefficient (Wildman–Crippen LogP) is 12.2. The Hall–Kier alpha value is 0.766. The van der Waals surface area contributed by atoms with Gasteiger partial charge in [0.1, 0.15) is 10.1 Å². The number of hydrogen-bond acceptors (Lipinski definition) is 3. The molecule has 0 aliphatic carbocycles. The zero-order valence-corrected chi connectivity index (χ0v) is 37.0. The third kappa shape index (κ3) is 35.6. The summed E-state index contributed by atoms with van der Waals surface area (Å²) in [7, 11) is -4.35. The smallest absolute Gasteiger partial charge is 0.744 e. The van der Waals surface area contributed by atoms with E-state index in [-0.39, 0.29) is 56.3 Å². The van der Waals surface area contributed by atoms with Crippen molar-refractivity contribution in [2.75, 3.05) is 0 Å². The van der Waals surface area contributed by atoms with Crippen LogP contribution in [-0.2, 0) is 16.5 Å². The summed E-state index contributed by atoms with van der Waals surface area (Å²) in [4.78, 5) is -0.105. The second-order valence-electron chi connectivity index (χ2n) is 15.2. The van der Waals surface area contributed by atoms with Crippen LogP contribution in [-0.4, -0.2) is 13.0 Å². The number of hydrogen-bond donors (Lipinski definition) is 0. The van der Waals surface area contributed by atoms with Gasteiger partial charge in [0.15, 0.2) is 0 Å². The normalized spacial score (nSPS) is 11.6. The molecule has 0 saturated carbocycles. The Labute approximate surface area is 350 Å². The van der Waals surface area contributed by atoms with Gasteiger partial charge in [-0.15, -0.1) is 0 Å². The van der Waals surface area contributed by atoms with Crippen molar-refractivity contribution in [1.82, 2.24) is 0 Å². The van der Waals surface area contributed by atoms with Gasteiger partial charge in [0.25, 0.3) is 0 Å². The summed E-state index contributed by atoms with van der Waals surface area (Å²) in [6.07, 6.45) is 52.0. The minimum absolute atomic E-state index is 0. The third-order valence-electron chi connectivity index (χ3n) is 10.5. The van der Waals surface area contributed by atoms with E-state index in [9.17, 15) is 13.0 Å². The van der Waals surface area contributed by atoms with Gasteiger partial charge in [-0.2, -0.15) is 0 Å². The Morgan fingerprint density at radius 2 is 0.653 bits per heavy atom. The second-order valence-corrected chi connectivity index (χ2v) is 16.6. The first-order chi connectivity index (χ1) is 23.5. The van der Waals surface area contributed by atoms with E-state index in [0.717, 1.165) is 18.4 Å². The Morgan fingerprint density at radius 1 is 0.408 bits per heavy atom. The first-order valence-corrected chi connectivity index (χ1v) is 23.0. The van der Waals surface area contributed by atoms with E-state index in [4.69, 9.17) is 0 Å². The molecule has 0 aliphatic heterocycles. The SMILES string of the molecule is CCCCCCCCCCCCCCCCCCCCCCCCCCCCCCCCCCCCCCc1cccc(S(=O)(=O)[O-])c1.[K+]. The van der Waals surface area contributed by atoms with E-state index in [2.05, 4.69) is 6.92 Å². The van der Waals surface area contributed by atoms with Crippen molar-refractivity contribution in [3.63, 3.8) is 0 Å². The molecule has 49 heavy (non-hydrogen) atoms. The number of aryl methyl sites for hydroxylation is 1. The fourth-order valence-electron chi connectivity index (χ4n) is 7.27. The Morgan fingerprint density at radius 3 is 0.898 bits per heavy atom. The molecule has 0 saturated heterocycles. The quantitative estimate of drug-likeness (QED) is 0.0387. The molecule has 0 aliphatic rings. The molecule has 0 bridgehead atoms. The Kier molecular flexibility index (Phi) is 39.1. The Balaban J connectivity index is 0.0000230. The van der Waals surface area contributed by atoms with Crippen molar-refractivity contribution < 1.29 is 64.4 Å². The van der Waals surface area contributed by atoms with Crippen molar-refractivity contribution in [2.24, 2.45) is 0 Å². The van der Waals surface area contributed by atoms with Gasteiger partial charge in [-0.3, -0.25) is 0 Å². The topological polar surface area (TPSA) is 57.2 Å². The molecule has 0 spiro atoms. The van der Waals surface area contributed by atoms with Crippen LogP contribution in [0.15, 0.2) is 29.2 Å². The average Bonchev–Trinajstić information content (AvgIpc) is 3.08. The fourth-order valence-corrected chi connectivity index (χ4v) is 7.81. The third-order valence-corrected chi connectivity index (χ3v) is 11.3. The van der Waals surface area contributed by atoms with E-state index >= 15 is 0 Å². The molecule has 0 N–H and O–H groups in total. The van der Waals surface area contributed by atoms with Crippen molar-refractivity contribution in [3.8, 4) is 0 Å². The minimum Gasteiger partial charge on any atom is -0.744 e. The van der Waals surface area contributed by atoms with Crippen LogP contribution in [0.2, 0.25) is 0 Å². The molecule has 0 radical (unpaired) electrons. The molecule has 0 unspecified atom stereocenters. The van der Waals surface area contributed by atoms with Crippen LogP contribution in [0.1, 0.15) is 244 Å². The zero-order valence-electron chi connectivity index (χ0n) is 33.1. The molecule has 0 atom stereocenters. The van der Waals surface area contributed by atoms with E-state index in [1.807, 2.05) is 6.07 Å². The van der Waals surface area contributed by atoms with Crippen molar-refractivity contribution in [1.29, 1.82) is 0 Å². The maximum Gasteiger partial charge on any atom is 1.00 e. The van der Waals surface area contributed by atoms with Crippen LogP contribution >= 0.6 is 0 Å². The summed E-state index contributed by atoms with van der Waals surface area (Å²) >= 11 is 0. The summed E-state index contributed by atoms with van der Waals surface area (Å²) in [5.41, 5.74) is 0.952. The summed E-state index contributed by atoms with van der Waals surface area (Å²) in [5, 5.41) is 0. The monoisotopic (exact) mass is 729 g/mol. The molecule has 1 aromatic rings. The van der Waals surface area contributed by atoms with Crippen LogP contribution in [0.25, 0.3) is 0 Å². The van der Waals surface area contributed by atoms with Crippen LogP contribution in [0, 0.1) is 0 Å². The number of unbranched alkanes of at least 4 members (excludes halogenated alkanes) is 35. The second kappa shape index (κ2) is 38.5. The van der Waals surface area contributed by atoms with Gasteiger partial charge < -0.3 is 4.55 Å². The summed E-state index contributed by atoms with van der Waals surface area (Å²) in [6, 6.07) is 6.51. The van der Waals surface area contributed by atoms with Crippen LogP contribution in [0.3, 0.4) is 0 Å². The Bertz CT molecular complexity index is 903. The van der Waals surface area contributed by atoms with Crippen molar-refractivity contribution in [3.05, 3.63) is 29.8 Å². The molecule has 0 heterocycles. The van der Waals surface area contributed by atoms with Gasteiger partial charge in [-0.05, 0) is 30.5 Å². The molecule has 3 nitrogen and oxygen atoms in total. The maximum atomic E-state index is 11.2. The summed E-state index contributed by atoms with van der Waals surface area (Å²) in [6.45, 7) is 2.30. The average molecular weight is 729 g/mol. The predicted molar refractivity (Wildman–Crippen MR) is 210 cm³/mol. The van der Waals surface area contributed by atoms with E-state index in [1.165, 1.54) is 237 Å². The van der Waals surface area contributed by atoms with Crippen molar-refractivity contribution in [2.45, 2.75) is 249 Å². The van der Waals surface area contributed by atoms with Crippen LogP contribution in [0.5, 0.6) is 0 Å². The summed E-state index contributed by atoms with van der Waals surface area (Å²) < 4.78 is 33.5. The van der Waals surface area contributed by atoms with Gasteiger partial charge >= 0.3 is 51.4 Å². The molecule has 1 aromatic carbocycles. The molecular weight excluding hydrogens is 648 g/mol. The maximum absolute atomic E-state index is 11.2. The largest absolute Gasteiger partial charge is 1.00 e.